The molecule has 0 radical (unpaired) electrons. The lowest BCUT2D eigenvalue weighted by Gasteiger charge is -2.47. The van der Waals surface area contributed by atoms with Crippen molar-refractivity contribution in [1.29, 1.82) is 0 Å². The molecular weight excluding hydrogens is 739 g/mol. The highest BCUT2D eigenvalue weighted by Gasteiger charge is 2.57. The predicted octanol–water partition coefficient (Wildman–Crippen LogP) is 9.33. The Bertz CT molecular complexity index is 1930. The average Bonchev–Trinajstić information content (AvgIpc) is 3.19. The Morgan fingerprint density at radius 1 is 0.684 bits per heavy atom. The van der Waals surface area contributed by atoms with Gasteiger partial charge in [-0.05, 0) is 106 Å². The fourth-order valence-corrected chi connectivity index (χ4v) is 10.6. The van der Waals surface area contributed by atoms with Gasteiger partial charge in [-0.2, -0.15) is 0 Å². The van der Waals surface area contributed by atoms with Crippen LogP contribution in [0.5, 0.6) is 11.5 Å². The van der Waals surface area contributed by atoms with Crippen LogP contribution >= 0.6 is 0 Å². The number of carbonyl (C=O) groups is 3. The molecule has 0 aromatic heterocycles. The van der Waals surface area contributed by atoms with E-state index >= 15 is 0 Å². The largest absolute Gasteiger partial charge is 0.524 e. The number of hydrogen-bond donors (Lipinski definition) is 0. The van der Waals surface area contributed by atoms with Crippen molar-refractivity contribution in [3.05, 3.63) is 130 Å². The minimum atomic E-state index is -3.11. The van der Waals surface area contributed by atoms with Gasteiger partial charge < -0.3 is 32.4 Å². The molecule has 1 heterocycles. The quantitative estimate of drug-likeness (QED) is 0.0302. The third kappa shape index (κ3) is 9.84. The summed E-state index contributed by atoms with van der Waals surface area (Å²) < 4.78 is 35.1. The number of hydrogen-bond acceptors (Lipinski definition) is 9. The number of methoxy groups -OCH3 is 1. The molecule has 2 atom stereocenters. The topological polar surface area (TPSA) is 110 Å². The van der Waals surface area contributed by atoms with Gasteiger partial charge in [-0.15, -0.1) is 0 Å². The highest BCUT2D eigenvalue weighted by molar-refractivity contribution is 6.63. The minimum absolute atomic E-state index is 0.00804. The van der Waals surface area contributed by atoms with Crippen LogP contribution in [-0.4, -0.2) is 77.3 Å². The molecule has 304 valence electrons. The second kappa shape index (κ2) is 19.1. The van der Waals surface area contributed by atoms with Gasteiger partial charge in [0.2, 0.25) is 0 Å². The molecule has 0 spiro atoms. The zero-order valence-electron chi connectivity index (χ0n) is 34.6. The number of Topliss-reactive ketones (excluding diaryl/α,β-unsaturated/α-hetero) is 1. The van der Waals surface area contributed by atoms with Crippen molar-refractivity contribution < 1.29 is 41.9 Å². The summed E-state index contributed by atoms with van der Waals surface area (Å²) in [6, 6.07) is 30.6. The van der Waals surface area contributed by atoms with Crippen molar-refractivity contribution in [2.75, 3.05) is 40.1 Å². The van der Waals surface area contributed by atoms with E-state index in [1.54, 1.807) is 43.2 Å². The van der Waals surface area contributed by atoms with Crippen LogP contribution in [0.3, 0.4) is 0 Å². The van der Waals surface area contributed by atoms with E-state index in [-0.39, 0.29) is 23.5 Å². The molecular formula is C46H57NO9Si. The van der Waals surface area contributed by atoms with Crippen molar-refractivity contribution >= 4 is 26.7 Å². The van der Waals surface area contributed by atoms with Gasteiger partial charge in [0.25, 0.3) is 0 Å². The fourth-order valence-electron chi connectivity index (χ4n) is 7.44. The van der Waals surface area contributed by atoms with Crippen LogP contribution in [0.2, 0.25) is 0 Å². The summed E-state index contributed by atoms with van der Waals surface area (Å²) in [5, 5.41) is 0. The minimum Gasteiger partial charge on any atom is -0.497 e. The summed E-state index contributed by atoms with van der Waals surface area (Å²) in [6.07, 6.45) is 1.53. The molecule has 1 aliphatic rings. The molecule has 0 saturated carbocycles. The van der Waals surface area contributed by atoms with E-state index in [1.165, 1.54) is 0 Å². The molecule has 2 unspecified atom stereocenters. The third-order valence-corrected chi connectivity index (χ3v) is 14.5. The number of nitrogens with zero attached hydrogens (tertiary/aromatic N) is 1. The molecule has 10 nitrogen and oxygen atoms in total. The summed E-state index contributed by atoms with van der Waals surface area (Å²) in [7, 11) is -1.46. The van der Waals surface area contributed by atoms with E-state index in [1.807, 2.05) is 81.4 Å². The van der Waals surface area contributed by atoms with E-state index in [9.17, 15) is 14.4 Å². The summed E-state index contributed by atoms with van der Waals surface area (Å²) in [5.41, 5.74) is 4.19. The molecule has 11 heteroatoms. The second-order valence-corrected chi connectivity index (χ2v) is 17.7. The SMILES string of the molecule is CCO[Si](OCC)(OCC)C1CCN1C(=O)OCCCC(C)(c1ccc(OC(=O)c2ccc(C(C)(C)c3ccc(OC)cc3)cc2)cc1)c1ccc(C(C)=O)cc1. The van der Waals surface area contributed by atoms with Gasteiger partial charge in [0.15, 0.2) is 5.78 Å². The van der Waals surface area contributed by atoms with Crippen molar-refractivity contribution in [1.82, 2.24) is 4.90 Å². The van der Waals surface area contributed by atoms with Crippen LogP contribution < -0.4 is 9.47 Å². The van der Waals surface area contributed by atoms with Gasteiger partial charge in [0.1, 0.15) is 17.2 Å². The zero-order valence-corrected chi connectivity index (χ0v) is 35.6. The molecule has 1 aliphatic heterocycles. The summed E-state index contributed by atoms with van der Waals surface area (Å²) >= 11 is 0. The van der Waals surface area contributed by atoms with Gasteiger partial charge in [0, 0.05) is 42.8 Å². The van der Waals surface area contributed by atoms with Crippen molar-refractivity contribution in [2.45, 2.75) is 84.2 Å². The monoisotopic (exact) mass is 795 g/mol. The first-order chi connectivity index (χ1) is 27.3. The maximum atomic E-state index is 13.3. The summed E-state index contributed by atoms with van der Waals surface area (Å²) in [5.74, 6) is 0.765. The Labute approximate surface area is 338 Å². The number of esters is 1. The molecule has 0 N–H and O–H groups in total. The van der Waals surface area contributed by atoms with Gasteiger partial charge in [-0.3, -0.25) is 4.79 Å². The average molecular weight is 796 g/mol. The number of ketones is 1. The van der Waals surface area contributed by atoms with E-state index in [2.05, 4.69) is 32.9 Å². The van der Waals surface area contributed by atoms with E-state index in [4.69, 9.17) is 27.5 Å². The molecule has 57 heavy (non-hydrogen) atoms. The Kier molecular flexibility index (Phi) is 14.5. The molecule has 4 aromatic rings. The fraction of sp³-hybridized carbons (Fsp3) is 0.413. The normalized spacial score (nSPS) is 15.3. The zero-order chi connectivity index (χ0) is 41.2. The second-order valence-electron chi connectivity index (χ2n) is 14.9. The number of benzene rings is 4. The molecule has 5 rings (SSSR count). The number of rotatable bonds is 19. The van der Waals surface area contributed by atoms with E-state index in [0.717, 1.165) is 34.4 Å². The molecule has 1 fully saturated rings. The Morgan fingerprint density at radius 3 is 1.63 bits per heavy atom. The van der Waals surface area contributed by atoms with Gasteiger partial charge in [0.05, 0.1) is 19.3 Å². The van der Waals surface area contributed by atoms with Crippen LogP contribution in [-0.2, 0) is 28.8 Å². The summed E-state index contributed by atoms with van der Waals surface area (Å²) in [4.78, 5) is 40.3. The third-order valence-electron chi connectivity index (χ3n) is 11.0. The number of carbonyl (C=O) groups excluding carboxylic acids is 3. The standard InChI is InChI=1S/C46H57NO9Si/c1-9-53-57(54-10-2,55-11-3)42-29-31-47(42)44(50)52-32-12-30-46(7,38-19-13-34(14-20-38)33(4)48)39-23-27-41(28-24-39)56-43(49)35-15-17-36(18-16-35)45(5,6)37-21-25-40(51-8)26-22-37/h13-28,42H,9-12,29-32H2,1-8H3. The lowest BCUT2D eigenvalue weighted by atomic mass is 9.73. The molecule has 0 aliphatic carbocycles. The highest BCUT2D eigenvalue weighted by atomic mass is 28.4. The highest BCUT2D eigenvalue weighted by Crippen LogP contribution is 2.38. The summed E-state index contributed by atoms with van der Waals surface area (Å²) in [6.45, 7) is 15.7. The smallest absolute Gasteiger partial charge is 0.497 e. The van der Waals surface area contributed by atoms with Gasteiger partial charge in [-0.1, -0.05) is 81.4 Å². The first-order valence-corrected chi connectivity index (χ1v) is 21.7. The first kappa shape index (κ1) is 43.3. The lowest BCUT2D eigenvalue weighted by Crippen LogP contribution is -2.69. The Morgan fingerprint density at radius 2 is 1.16 bits per heavy atom. The Hall–Kier alpha value is -4.81. The molecule has 1 saturated heterocycles. The van der Waals surface area contributed by atoms with Crippen molar-refractivity contribution in [3.8, 4) is 11.5 Å². The lowest BCUT2D eigenvalue weighted by molar-refractivity contribution is 0.000727. The molecule has 0 bridgehead atoms. The maximum absolute atomic E-state index is 13.3. The van der Waals surface area contributed by atoms with Gasteiger partial charge >= 0.3 is 20.9 Å². The molecule has 4 aromatic carbocycles. The number of ether oxygens (including phenoxy) is 3. The van der Waals surface area contributed by atoms with Crippen LogP contribution in [0.1, 0.15) is 111 Å². The first-order valence-electron chi connectivity index (χ1n) is 19.9. The molecule has 1 amide bonds. The van der Waals surface area contributed by atoms with Crippen LogP contribution in [0.25, 0.3) is 0 Å². The van der Waals surface area contributed by atoms with Gasteiger partial charge in [-0.25, -0.2) is 9.59 Å². The predicted molar refractivity (Wildman–Crippen MR) is 222 cm³/mol. The number of likely N-dealkylation sites (tertiary alicyclic amines) is 1. The Balaban J connectivity index is 1.26. The van der Waals surface area contributed by atoms with Crippen molar-refractivity contribution in [2.24, 2.45) is 0 Å². The maximum Gasteiger partial charge on any atom is 0.524 e. The van der Waals surface area contributed by atoms with Crippen LogP contribution in [0, 0.1) is 0 Å². The number of amides is 1. The van der Waals surface area contributed by atoms with E-state index < -0.39 is 26.3 Å². The van der Waals surface area contributed by atoms with Crippen molar-refractivity contribution in [3.63, 3.8) is 0 Å². The van der Waals surface area contributed by atoms with Crippen LogP contribution in [0.15, 0.2) is 97.1 Å². The van der Waals surface area contributed by atoms with E-state index in [0.29, 0.717) is 56.1 Å². The van der Waals surface area contributed by atoms with Crippen LogP contribution in [0.4, 0.5) is 4.79 Å².